The van der Waals surface area contributed by atoms with E-state index in [4.69, 9.17) is 23.2 Å². The molecule has 152 valence electrons. The third-order valence-corrected chi connectivity index (χ3v) is 4.85. The molecule has 5 nitrogen and oxygen atoms in total. The quantitative estimate of drug-likeness (QED) is 0.452. The van der Waals surface area contributed by atoms with Crippen molar-refractivity contribution in [2.24, 2.45) is 0 Å². The van der Waals surface area contributed by atoms with Crippen molar-refractivity contribution < 1.29 is 14.4 Å². The van der Waals surface area contributed by atoms with Gasteiger partial charge in [-0.1, -0.05) is 41.4 Å². The second-order valence-corrected chi connectivity index (χ2v) is 7.34. The number of benzene rings is 3. The van der Waals surface area contributed by atoms with Gasteiger partial charge in [0, 0.05) is 34.7 Å². The van der Waals surface area contributed by atoms with Gasteiger partial charge >= 0.3 is 0 Å². The minimum absolute atomic E-state index is 0.0333. The summed E-state index contributed by atoms with van der Waals surface area (Å²) in [7, 11) is 0. The van der Waals surface area contributed by atoms with Crippen molar-refractivity contribution in [1.29, 1.82) is 0 Å². The van der Waals surface area contributed by atoms with E-state index in [1.807, 2.05) is 6.07 Å². The Bertz CT molecular complexity index is 1070. The predicted molar refractivity (Wildman–Crippen MR) is 119 cm³/mol. The van der Waals surface area contributed by atoms with Crippen molar-refractivity contribution in [2.45, 2.75) is 12.8 Å². The number of anilines is 2. The Morgan fingerprint density at radius 1 is 0.733 bits per heavy atom. The Hall–Kier alpha value is -3.15. The van der Waals surface area contributed by atoms with Gasteiger partial charge in [-0.2, -0.15) is 0 Å². The lowest BCUT2D eigenvalue weighted by molar-refractivity contribution is -0.116. The van der Waals surface area contributed by atoms with E-state index in [0.29, 0.717) is 27.5 Å². The molecule has 3 rings (SSSR count). The van der Waals surface area contributed by atoms with E-state index in [1.54, 1.807) is 66.7 Å². The maximum absolute atomic E-state index is 12.2. The van der Waals surface area contributed by atoms with Crippen LogP contribution in [-0.4, -0.2) is 17.6 Å². The first-order chi connectivity index (χ1) is 14.4. The summed E-state index contributed by atoms with van der Waals surface area (Å²) < 4.78 is 0. The lowest BCUT2D eigenvalue weighted by Crippen LogP contribution is -2.14. The number of rotatable bonds is 7. The number of hydrogen-bond acceptors (Lipinski definition) is 3. The molecule has 2 amide bonds. The maximum Gasteiger partial charge on any atom is 0.255 e. The summed E-state index contributed by atoms with van der Waals surface area (Å²) >= 11 is 12.0. The number of ketones is 1. The van der Waals surface area contributed by atoms with E-state index in [9.17, 15) is 14.4 Å². The molecular formula is C23H18Cl2N2O3. The fourth-order valence-electron chi connectivity index (χ4n) is 2.71. The number of carbonyl (C=O) groups is 3. The van der Waals surface area contributed by atoms with E-state index < -0.39 is 0 Å². The average molecular weight is 441 g/mol. The van der Waals surface area contributed by atoms with Crippen LogP contribution < -0.4 is 10.6 Å². The molecule has 0 aliphatic carbocycles. The lowest BCUT2D eigenvalue weighted by atomic mass is 10.1. The van der Waals surface area contributed by atoms with Gasteiger partial charge in [-0.25, -0.2) is 0 Å². The molecule has 0 aromatic heterocycles. The highest BCUT2D eigenvalue weighted by Crippen LogP contribution is 2.26. The molecule has 0 radical (unpaired) electrons. The van der Waals surface area contributed by atoms with Crippen molar-refractivity contribution in [1.82, 2.24) is 0 Å². The van der Waals surface area contributed by atoms with Gasteiger partial charge in [0.05, 0.1) is 10.7 Å². The molecule has 0 heterocycles. The molecule has 0 saturated heterocycles. The Morgan fingerprint density at radius 3 is 2.10 bits per heavy atom. The zero-order valence-electron chi connectivity index (χ0n) is 15.8. The third-order valence-electron chi connectivity index (χ3n) is 4.28. The van der Waals surface area contributed by atoms with Crippen LogP contribution in [0.4, 0.5) is 11.4 Å². The molecule has 0 spiro atoms. The van der Waals surface area contributed by atoms with Crippen molar-refractivity contribution in [3.8, 4) is 0 Å². The first-order valence-electron chi connectivity index (χ1n) is 9.17. The minimum atomic E-state index is -0.311. The molecule has 0 fully saturated rings. The largest absolute Gasteiger partial charge is 0.326 e. The zero-order chi connectivity index (χ0) is 21.5. The topological polar surface area (TPSA) is 75.3 Å². The van der Waals surface area contributed by atoms with Gasteiger partial charge in [0.15, 0.2) is 5.78 Å². The minimum Gasteiger partial charge on any atom is -0.326 e. The van der Waals surface area contributed by atoms with Crippen LogP contribution in [0.2, 0.25) is 10.0 Å². The van der Waals surface area contributed by atoms with Crippen molar-refractivity contribution in [2.75, 3.05) is 10.6 Å². The van der Waals surface area contributed by atoms with Crippen molar-refractivity contribution >= 4 is 52.2 Å². The van der Waals surface area contributed by atoms with Crippen LogP contribution in [0.3, 0.4) is 0 Å². The highest BCUT2D eigenvalue weighted by Gasteiger charge is 2.12. The SMILES string of the molecule is O=C(CCC(=O)c1ccc(Cl)cc1)Nc1ccc(NC(=O)c2ccccc2)c(Cl)c1. The monoisotopic (exact) mass is 440 g/mol. The number of Topliss-reactive ketones (excluding diaryl/α,β-unsaturated/α-hetero) is 1. The number of halogens is 2. The third kappa shape index (κ3) is 5.92. The Balaban J connectivity index is 1.54. The molecule has 7 heteroatoms. The summed E-state index contributed by atoms with van der Waals surface area (Å²) in [5.74, 6) is -0.733. The van der Waals surface area contributed by atoms with Gasteiger partial charge in [0.25, 0.3) is 5.91 Å². The summed E-state index contributed by atoms with van der Waals surface area (Å²) in [6, 6.07) is 20.1. The molecule has 3 aromatic carbocycles. The molecular weight excluding hydrogens is 423 g/mol. The van der Waals surface area contributed by atoms with Gasteiger partial charge in [-0.05, 0) is 54.6 Å². The Labute approximate surface area is 184 Å². The summed E-state index contributed by atoms with van der Waals surface area (Å²) in [6.07, 6.45) is 0.109. The van der Waals surface area contributed by atoms with Crippen LogP contribution in [0, 0.1) is 0 Å². The van der Waals surface area contributed by atoms with E-state index >= 15 is 0 Å². The highest BCUT2D eigenvalue weighted by atomic mass is 35.5. The van der Waals surface area contributed by atoms with Crippen LogP contribution >= 0.6 is 23.2 Å². The molecule has 0 saturated carbocycles. The zero-order valence-corrected chi connectivity index (χ0v) is 17.3. The van der Waals surface area contributed by atoms with Gasteiger partial charge < -0.3 is 10.6 Å². The first-order valence-corrected chi connectivity index (χ1v) is 9.92. The van der Waals surface area contributed by atoms with E-state index in [1.165, 1.54) is 0 Å². The van der Waals surface area contributed by atoms with Crippen LogP contribution in [0.15, 0.2) is 72.8 Å². The van der Waals surface area contributed by atoms with Crippen LogP contribution in [0.5, 0.6) is 0 Å². The smallest absolute Gasteiger partial charge is 0.255 e. The lowest BCUT2D eigenvalue weighted by Gasteiger charge is -2.10. The first kappa shape index (κ1) is 21.6. The van der Waals surface area contributed by atoms with Crippen LogP contribution in [-0.2, 0) is 4.79 Å². The summed E-state index contributed by atoms with van der Waals surface area (Å²) in [6.45, 7) is 0. The second-order valence-electron chi connectivity index (χ2n) is 6.49. The molecule has 0 bridgehead atoms. The molecule has 0 aliphatic rings. The second kappa shape index (κ2) is 10.1. The van der Waals surface area contributed by atoms with Gasteiger partial charge in [-0.3, -0.25) is 14.4 Å². The Morgan fingerprint density at radius 2 is 1.43 bits per heavy atom. The summed E-state index contributed by atoms with van der Waals surface area (Å²) in [5, 5.41) is 6.27. The fourth-order valence-corrected chi connectivity index (χ4v) is 3.06. The molecule has 0 unspecified atom stereocenters. The summed E-state index contributed by atoms with van der Waals surface area (Å²) in [5.41, 5.74) is 1.92. The maximum atomic E-state index is 12.2. The fraction of sp³-hybridized carbons (Fsp3) is 0.0870. The van der Waals surface area contributed by atoms with E-state index in [-0.39, 0.29) is 35.5 Å². The highest BCUT2D eigenvalue weighted by molar-refractivity contribution is 6.34. The van der Waals surface area contributed by atoms with E-state index in [2.05, 4.69) is 10.6 Å². The van der Waals surface area contributed by atoms with Crippen LogP contribution in [0.1, 0.15) is 33.6 Å². The molecule has 0 aliphatic heterocycles. The number of nitrogens with one attached hydrogen (secondary N) is 2. The van der Waals surface area contributed by atoms with Gasteiger partial charge in [0.2, 0.25) is 5.91 Å². The van der Waals surface area contributed by atoms with Crippen LogP contribution in [0.25, 0.3) is 0 Å². The molecule has 30 heavy (non-hydrogen) atoms. The number of carbonyl (C=O) groups excluding carboxylic acids is 3. The van der Waals surface area contributed by atoms with Crippen molar-refractivity contribution in [3.63, 3.8) is 0 Å². The number of hydrogen-bond donors (Lipinski definition) is 2. The molecule has 0 atom stereocenters. The molecule has 2 N–H and O–H groups in total. The number of amides is 2. The average Bonchev–Trinajstić information content (AvgIpc) is 2.75. The predicted octanol–water partition coefficient (Wildman–Crippen LogP) is 5.85. The van der Waals surface area contributed by atoms with Crippen molar-refractivity contribution in [3.05, 3.63) is 94.0 Å². The summed E-state index contributed by atoms with van der Waals surface area (Å²) in [4.78, 5) is 36.5. The normalized spacial score (nSPS) is 10.3. The van der Waals surface area contributed by atoms with Gasteiger partial charge in [-0.15, -0.1) is 0 Å². The van der Waals surface area contributed by atoms with E-state index in [0.717, 1.165) is 0 Å². The standard InChI is InChI=1S/C23H18Cl2N2O3/c24-17-8-6-15(7-9-17)21(28)12-13-22(29)26-18-10-11-20(19(25)14-18)27-23(30)16-4-2-1-3-5-16/h1-11,14H,12-13H2,(H,26,29)(H,27,30). The molecule has 3 aromatic rings. The Kier molecular flexibility index (Phi) is 7.22. The van der Waals surface area contributed by atoms with Gasteiger partial charge in [0.1, 0.15) is 0 Å².